The number of carbonyl (C=O) groups is 2. The van der Waals surface area contributed by atoms with Crippen LogP contribution < -0.4 is 0 Å². The molecule has 0 amide bonds. The Morgan fingerprint density at radius 1 is 1.26 bits per heavy atom. The molecule has 0 aromatic carbocycles. The average Bonchev–Trinajstić information content (AvgIpc) is 3.17. The number of ketones is 1. The molecule has 0 spiro atoms. The topological polar surface area (TPSA) is 123 Å². The smallest absolute Gasteiger partial charge is 0.331 e. The first-order valence-electron chi connectivity index (χ1n) is 12.2. The van der Waals surface area contributed by atoms with E-state index < -0.39 is 59.0 Å². The Balaban J connectivity index is 2.04. The fraction of sp³-hybridized carbons (Fsp3) is 0.769. The van der Waals surface area contributed by atoms with E-state index in [1.54, 1.807) is 27.7 Å². The van der Waals surface area contributed by atoms with Gasteiger partial charge in [-0.05, 0) is 45.6 Å². The molecule has 9 atom stereocenters. The van der Waals surface area contributed by atoms with E-state index in [2.05, 4.69) is 0 Å². The summed E-state index contributed by atoms with van der Waals surface area (Å²) in [6.07, 6.45) is 1.38. The second-order valence-corrected chi connectivity index (χ2v) is 11.2. The largest absolute Gasteiger partial charge is 0.453 e. The molecule has 3 aliphatic rings. The number of hydrogen-bond donors (Lipinski definition) is 3. The minimum atomic E-state index is -2.36. The van der Waals surface area contributed by atoms with Crippen LogP contribution in [0.2, 0.25) is 0 Å². The van der Waals surface area contributed by atoms with Crippen LogP contribution in [0.5, 0.6) is 0 Å². The van der Waals surface area contributed by atoms with Crippen LogP contribution in [0, 0.1) is 17.3 Å². The molecular weight excluding hydrogens is 440 g/mol. The Morgan fingerprint density at radius 2 is 1.91 bits per heavy atom. The van der Waals surface area contributed by atoms with Crippen LogP contribution in [0.4, 0.5) is 0 Å². The van der Waals surface area contributed by atoms with Crippen LogP contribution in [0.3, 0.4) is 0 Å². The van der Waals surface area contributed by atoms with Crippen molar-refractivity contribution in [3.63, 3.8) is 0 Å². The number of rotatable bonds is 3. The number of Topliss-reactive ketones (excluding diaryl/α,β-unsaturated/α-hetero) is 1. The highest BCUT2D eigenvalue weighted by Gasteiger charge is 2.62. The number of ether oxygens (including phenoxy) is 3. The number of fused-ring (bicyclic) bond motifs is 4. The summed E-state index contributed by atoms with van der Waals surface area (Å²) in [5.74, 6) is -4.32. The maximum atomic E-state index is 13.2. The molecule has 0 aliphatic carbocycles. The maximum Gasteiger partial charge on any atom is 0.331 e. The first kappa shape index (κ1) is 27.0. The highest BCUT2D eigenvalue weighted by molar-refractivity contribution is 5.87. The molecule has 0 aromatic heterocycles. The fourth-order valence-electron chi connectivity index (χ4n) is 5.18. The van der Waals surface area contributed by atoms with Crippen molar-refractivity contribution < 1.29 is 39.1 Å². The summed E-state index contributed by atoms with van der Waals surface area (Å²) in [4.78, 5) is 25.9. The standard InChI is InChI=1S/C26H40O8/c1-14-8-10-24(5,6)19-9-11-25(7,34-19)23(30)26(31)22(16(3)12-18(33-26)21(14)29)32-20(28)13-15(2)17(4)27/h8,10,13-14,16-19,22-23,27,30-31H,9,11-12H2,1-7H3. The van der Waals surface area contributed by atoms with Gasteiger partial charge in [-0.15, -0.1) is 0 Å². The molecule has 9 unspecified atom stereocenters. The van der Waals surface area contributed by atoms with E-state index in [1.165, 1.54) is 6.92 Å². The Kier molecular flexibility index (Phi) is 7.52. The molecule has 192 valence electrons. The number of aliphatic hydroxyl groups excluding tert-OH is 2. The van der Waals surface area contributed by atoms with Crippen molar-refractivity contribution in [2.75, 3.05) is 0 Å². The van der Waals surface area contributed by atoms with E-state index in [1.807, 2.05) is 26.0 Å². The number of carbonyl (C=O) groups excluding carboxylic acids is 2. The van der Waals surface area contributed by atoms with Crippen LogP contribution in [-0.2, 0) is 23.8 Å². The lowest BCUT2D eigenvalue weighted by atomic mass is 9.78. The van der Waals surface area contributed by atoms with E-state index in [9.17, 15) is 24.9 Å². The molecule has 2 saturated heterocycles. The molecule has 34 heavy (non-hydrogen) atoms. The van der Waals surface area contributed by atoms with Gasteiger partial charge < -0.3 is 29.5 Å². The fourth-order valence-corrected chi connectivity index (χ4v) is 5.18. The second kappa shape index (κ2) is 9.47. The lowest BCUT2D eigenvalue weighted by molar-refractivity contribution is -0.363. The van der Waals surface area contributed by atoms with Crippen LogP contribution in [0.25, 0.3) is 0 Å². The van der Waals surface area contributed by atoms with Gasteiger partial charge in [0.15, 0.2) is 11.9 Å². The molecule has 4 bridgehead atoms. The van der Waals surface area contributed by atoms with Crippen LogP contribution in [0.1, 0.15) is 67.7 Å². The maximum absolute atomic E-state index is 13.2. The van der Waals surface area contributed by atoms with Crippen molar-refractivity contribution in [1.29, 1.82) is 0 Å². The summed E-state index contributed by atoms with van der Waals surface area (Å²) >= 11 is 0. The highest BCUT2D eigenvalue weighted by Crippen LogP contribution is 2.48. The third-order valence-electron chi connectivity index (χ3n) is 7.78. The van der Waals surface area contributed by atoms with E-state index in [-0.39, 0.29) is 18.3 Å². The summed E-state index contributed by atoms with van der Waals surface area (Å²) in [6.45, 7) is 12.4. The van der Waals surface area contributed by atoms with E-state index >= 15 is 0 Å². The van der Waals surface area contributed by atoms with Gasteiger partial charge in [-0.1, -0.05) is 39.8 Å². The van der Waals surface area contributed by atoms with Gasteiger partial charge in [-0.2, -0.15) is 0 Å². The summed E-state index contributed by atoms with van der Waals surface area (Å²) in [6, 6.07) is 0. The quantitative estimate of drug-likeness (QED) is 0.320. The third kappa shape index (κ3) is 5.02. The van der Waals surface area contributed by atoms with Gasteiger partial charge in [-0.3, -0.25) is 4.79 Å². The molecule has 3 N–H and O–H groups in total. The Labute approximate surface area is 202 Å². The van der Waals surface area contributed by atoms with Crippen molar-refractivity contribution in [2.45, 2.75) is 110 Å². The minimum Gasteiger partial charge on any atom is -0.453 e. The van der Waals surface area contributed by atoms with Crippen LogP contribution >= 0.6 is 0 Å². The van der Waals surface area contributed by atoms with Crippen molar-refractivity contribution in [1.82, 2.24) is 0 Å². The predicted molar refractivity (Wildman–Crippen MR) is 125 cm³/mol. The van der Waals surface area contributed by atoms with Crippen LogP contribution in [-0.4, -0.2) is 69.0 Å². The third-order valence-corrected chi connectivity index (χ3v) is 7.78. The zero-order valence-corrected chi connectivity index (χ0v) is 21.3. The molecule has 0 aromatic rings. The summed E-state index contributed by atoms with van der Waals surface area (Å²) < 4.78 is 17.9. The number of esters is 1. The molecule has 3 aliphatic heterocycles. The number of hydrogen-bond acceptors (Lipinski definition) is 8. The van der Waals surface area contributed by atoms with Crippen LogP contribution in [0.15, 0.2) is 23.8 Å². The molecular formula is C26H40O8. The summed E-state index contributed by atoms with van der Waals surface area (Å²) in [5.41, 5.74) is -1.19. The number of aliphatic hydroxyl groups is 3. The normalized spacial score (nSPS) is 43.6. The molecule has 0 saturated carbocycles. The molecule has 0 radical (unpaired) electrons. The lowest BCUT2D eigenvalue weighted by Gasteiger charge is -2.51. The highest BCUT2D eigenvalue weighted by atomic mass is 16.7. The zero-order chi connectivity index (χ0) is 25.6. The van der Waals surface area contributed by atoms with Gasteiger partial charge in [0.05, 0.1) is 17.8 Å². The summed E-state index contributed by atoms with van der Waals surface area (Å²) in [7, 11) is 0. The monoisotopic (exact) mass is 480 g/mol. The van der Waals surface area contributed by atoms with Gasteiger partial charge in [0.25, 0.3) is 0 Å². The molecule has 8 nitrogen and oxygen atoms in total. The Hall–Kier alpha value is -1.58. The van der Waals surface area contributed by atoms with Gasteiger partial charge in [0.2, 0.25) is 5.79 Å². The van der Waals surface area contributed by atoms with Crippen molar-refractivity contribution in [2.24, 2.45) is 17.3 Å². The molecule has 2 fully saturated rings. The minimum absolute atomic E-state index is 0.210. The average molecular weight is 481 g/mol. The molecule has 3 heterocycles. The summed E-state index contributed by atoms with van der Waals surface area (Å²) in [5, 5.41) is 33.0. The van der Waals surface area contributed by atoms with Gasteiger partial charge in [0.1, 0.15) is 12.2 Å². The van der Waals surface area contributed by atoms with Crippen molar-refractivity contribution in [3.8, 4) is 0 Å². The van der Waals surface area contributed by atoms with E-state index in [0.29, 0.717) is 18.4 Å². The molecule has 8 heteroatoms. The predicted octanol–water partition coefficient (Wildman–Crippen LogP) is 2.44. The van der Waals surface area contributed by atoms with E-state index in [4.69, 9.17) is 14.2 Å². The van der Waals surface area contributed by atoms with E-state index in [0.717, 1.165) is 6.08 Å². The Bertz CT molecular complexity index is 861. The lowest BCUT2D eigenvalue weighted by Crippen LogP contribution is -2.68. The molecule has 3 rings (SSSR count). The SMILES string of the molecule is CC(=CC(=O)OC1C(C)CC2OC1(O)C(O)C1(C)CCC(O1)C(C)(C)C=CC(C)C2=O)C(C)O. The second-order valence-electron chi connectivity index (χ2n) is 11.2. The Morgan fingerprint density at radius 3 is 2.53 bits per heavy atom. The van der Waals surface area contributed by atoms with Crippen molar-refractivity contribution in [3.05, 3.63) is 23.8 Å². The van der Waals surface area contributed by atoms with Gasteiger partial charge in [-0.25, -0.2) is 4.79 Å². The van der Waals surface area contributed by atoms with Gasteiger partial charge in [0, 0.05) is 23.3 Å². The van der Waals surface area contributed by atoms with Crippen molar-refractivity contribution >= 4 is 11.8 Å². The van der Waals surface area contributed by atoms with Gasteiger partial charge >= 0.3 is 5.97 Å². The first-order chi connectivity index (χ1) is 15.6. The first-order valence-corrected chi connectivity index (χ1v) is 12.2. The number of allylic oxidation sites excluding steroid dienone is 1. The zero-order valence-electron chi connectivity index (χ0n) is 21.3.